The van der Waals surface area contributed by atoms with Gasteiger partial charge < -0.3 is 13.5 Å². The molecule has 0 nitrogen and oxygen atoms in total. The second-order valence-electron chi connectivity index (χ2n) is 0. The minimum absolute atomic E-state index is 0. The first-order chi connectivity index (χ1) is 1.41. The van der Waals surface area contributed by atoms with Crippen molar-refractivity contribution >= 4 is 45.1 Å². The Labute approximate surface area is 111 Å². The quantitative estimate of drug-likeness (QED) is 0.272. The summed E-state index contributed by atoms with van der Waals surface area (Å²) in [6.45, 7) is 0. The molecule has 0 atom stereocenters. The molecule has 0 aliphatic heterocycles. The molecule has 0 fully saturated rings. The van der Waals surface area contributed by atoms with Crippen molar-refractivity contribution in [3.8, 4) is 0 Å². The molecular formula is C2H11RbS3. The van der Waals surface area contributed by atoms with Crippen LogP contribution >= 0.6 is 25.7 Å². The van der Waals surface area contributed by atoms with Crippen molar-refractivity contribution < 1.29 is 61.0 Å². The Kier molecular flexibility index (Phi) is 192. The Morgan fingerprint density at radius 2 is 1.83 bits per heavy atom. The third-order valence-corrected chi connectivity index (χ3v) is 0. The Morgan fingerprint density at radius 1 is 1.83 bits per heavy atom. The number of thiocarbonyl (C=S) groups is 1. The van der Waals surface area contributed by atoms with Gasteiger partial charge in [-0.3, -0.25) is 0 Å². The molecule has 4 heteroatoms. The molecule has 0 aliphatic rings. The van der Waals surface area contributed by atoms with Crippen LogP contribution in [0.4, 0.5) is 0 Å². The molecule has 6 heavy (non-hydrogen) atoms. The fourth-order valence-electron chi connectivity index (χ4n) is 0. The molecule has 0 bridgehead atoms. The van der Waals surface area contributed by atoms with E-state index in [1.54, 1.807) is 0 Å². The summed E-state index contributed by atoms with van der Waals surface area (Å²) >= 11 is 3.94. The Morgan fingerprint density at radius 3 is 1.83 bits per heavy atom. The Balaban J connectivity index is -0.00000000200. The molecule has 0 N–H and O–H groups in total. The topological polar surface area (TPSA) is 0 Å². The van der Waals surface area contributed by atoms with E-state index in [9.17, 15) is 0 Å². The van der Waals surface area contributed by atoms with Gasteiger partial charge >= 0.3 is 58.2 Å². The zero-order valence-electron chi connectivity index (χ0n) is 3.93. The van der Waals surface area contributed by atoms with E-state index >= 15 is 0 Å². The number of rotatable bonds is 0. The van der Waals surface area contributed by atoms with Crippen LogP contribution in [0.2, 0.25) is 0 Å². The molecular weight excluding hydrogens is 206 g/mol. The van der Waals surface area contributed by atoms with Crippen LogP contribution in [0.15, 0.2) is 0 Å². The fraction of sp³-hybridized carbons (Fsp3) is 0.500. The summed E-state index contributed by atoms with van der Waals surface area (Å²) in [7, 11) is 0. The first-order valence-corrected chi connectivity index (χ1v) is 0.707. The molecule has 0 aliphatic carbocycles. The van der Waals surface area contributed by atoms with Gasteiger partial charge in [-0.25, -0.2) is 0 Å². The van der Waals surface area contributed by atoms with Crippen molar-refractivity contribution in [2.45, 2.75) is 7.43 Å². The van der Waals surface area contributed by atoms with Gasteiger partial charge in [0.1, 0.15) is 0 Å². The van der Waals surface area contributed by atoms with Gasteiger partial charge in [-0.1, -0.05) is 19.6 Å². The second-order valence-corrected chi connectivity index (χ2v) is 0. The molecule has 0 radical (unpaired) electrons. The monoisotopic (exact) mass is 218 g/mol. The Bertz CT molecular complexity index is 22.8. The molecule has 0 spiro atoms. The first kappa shape index (κ1) is 23.5. The van der Waals surface area contributed by atoms with Crippen molar-refractivity contribution in [2.75, 3.05) is 0 Å². The summed E-state index contributed by atoms with van der Waals surface area (Å²) in [4.78, 5) is 0. The minimum Gasteiger partial charge on any atom is -0.813 e. The van der Waals surface area contributed by atoms with Crippen LogP contribution in [0.5, 0.6) is 0 Å². The third-order valence-electron chi connectivity index (χ3n) is 0. The van der Waals surface area contributed by atoms with Crippen LogP contribution in [0.25, 0.3) is 0 Å². The van der Waals surface area contributed by atoms with E-state index in [-0.39, 0.29) is 94.0 Å². The van der Waals surface area contributed by atoms with Crippen molar-refractivity contribution in [3.63, 3.8) is 0 Å². The zero-order valence-corrected chi connectivity index (χ0v) is 10.6. The summed E-state index contributed by atoms with van der Waals surface area (Å²) in [5.41, 5.74) is 0. The van der Waals surface area contributed by atoms with Crippen LogP contribution < -0.4 is 58.2 Å². The molecule has 0 aromatic carbocycles. The van der Waals surface area contributed by atoms with Crippen LogP contribution in [0.3, 0.4) is 0 Å². The molecule has 0 saturated heterocycles. The van der Waals surface area contributed by atoms with Gasteiger partial charge in [0.25, 0.3) is 0 Å². The van der Waals surface area contributed by atoms with E-state index < -0.39 is 0 Å². The molecule has 0 unspecified atom stereocenters. The largest absolute Gasteiger partial charge is 1.00 e. The second kappa shape index (κ2) is 49.1. The van der Waals surface area contributed by atoms with E-state index in [1.807, 2.05) is 0 Å². The third kappa shape index (κ3) is 30.7. The molecule has 38 valence electrons. The van der Waals surface area contributed by atoms with Gasteiger partial charge in [-0.2, -0.15) is 13.5 Å². The van der Waals surface area contributed by atoms with E-state index in [1.165, 1.54) is 0 Å². The maximum absolute atomic E-state index is 5.90. The van der Waals surface area contributed by atoms with Gasteiger partial charge in [-0.15, -0.1) is 0 Å². The predicted octanol–water partition coefficient (Wildman–Crippen LogP) is -1.66. The molecule has 0 rings (SSSR count). The standard InChI is InChI=1S/CH2S.CH4.Rb.2H2S.H2/c1-2;;;;;/h1H2;1H4;;2*1H2;1H/q;;+1;;;/p-1/i1D;;;;;1+1. The summed E-state index contributed by atoms with van der Waals surface area (Å²) in [6.07, 6.45) is 0. The van der Waals surface area contributed by atoms with Crippen LogP contribution in [-0.4, -0.2) is 5.85 Å². The SMILES string of the molecule is C.S.[2HH].[2H]C=S.[Rb+].[SH-]. The van der Waals surface area contributed by atoms with Gasteiger partial charge in [-0.05, 0) is 5.85 Å². The fourth-order valence-corrected chi connectivity index (χ4v) is 0. The smallest absolute Gasteiger partial charge is 0.813 e. The average molecular weight is 219 g/mol. The molecule has 0 amide bonds. The van der Waals surface area contributed by atoms with Crippen molar-refractivity contribution in [2.24, 2.45) is 0 Å². The van der Waals surface area contributed by atoms with Crippen LogP contribution in [0, 0.1) is 0 Å². The van der Waals surface area contributed by atoms with Gasteiger partial charge in [0.2, 0.25) is 0 Å². The maximum Gasteiger partial charge on any atom is 1.00 e. The summed E-state index contributed by atoms with van der Waals surface area (Å²) in [5, 5.41) is 0. The van der Waals surface area contributed by atoms with E-state index in [2.05, 4.69) is 12.2 Å². The normalized spacial score (nSPS) is 2.33. The number of thiol groups is 1. The van der Waals surface area contributed by atoms with E-state index in [0.717, 1.165) is 5.85 Å². The predicted molar refractivity (Wildman–Crippen MR) is 42.7 cm³/mol. The molecule has 0 heterocycles. The van der Waals surface area contributed by atoms with E-state index in [0.29, 0.717) is 0 Å². The Hall–Kier alpha value is 2.60. The maximum atomic E-state index is 5.90. The van der Waals surface area contributed by atoms with Gasteiger partial charge in [0.15, 0.2) is 0 Å². The first-order valence-electron chi connectivity index (χ1n) is 0.813. The van der Waals surface area contributed by atoms with Crippen molar-refractivity contribution in [3.05, 3.63) is 0 Å². The van der Waals surface area contributed by atoms with Gasteiger partial charge in [0, 0.05) is 1.43 Å². The van der Waals surface area contributed by atoms with Crippen LogP contribution in [0.1, 0.15) is 10.2 Å². The molecule has 0 aromatic rings. The average Bonchev–Trinajstić information content (AvgIpc) is 0.918. The number of hydrogen-bond donors (Lipinski definition) is 0. The van der Waals surface area contributed by atoms with Crippen molar-refractivity contribution in [1.29, 1.82) is 0 Å². The van der Waals surface area contributed by atoms with E-state index in [4.69, 9.17) is 1.37 Å². The summed E-state index contributed by atoms with van der Waals surface area (Å²) < 4.78 is 5.90. The van der Waals surface area contributed by atoms with Crippen LogP contribution in [-0.2, 0) is 13.5 Å². The summed E-state index contributed by atoms with van der Waals surface area (Å²) in [6, 6.07) is 0. The molecule has 0 saturated carbocycles. The number of hydrogen-bond acceptors (Lipinski definition) is 2. The minimum atomic E-state index is 0. The molecule has 0 aromatic heterocycles. The zero-order chi connectivity index (χ0) is 2.71. The van der Waals surface area contributed by atoms with Crippen molar-refractivity contribution in [1.82, 2.24) is 0 Å². The summed E-state index contributed by atoms with van der Waals surface area (Å²) in [5.74, 6) is 0.833. The van der Waals surface area contributed by atoms with Gasteiger partial charge in [0.05, 0.1) is 1.37 Å².